The summed E-state index contributed by atoms with van der Waals surface area (Å²) < 4.78 is 23.5. The largest absolute Gasteiger partial charge is 0.468 e. The molecule has 3 rings (SSSR count). The second-order valence-electron chi connectivity index (χ2n) is 7.86. The van der Waals surface area contributed by atoms with Gasteiger partial charge in [-0.2, -0.15) is 0 Å². The number of benzene rings is 2. The highest BCUT2D eigenvalue weighted by Crippen LogP contribution is 2.38. The smallest absolute Gasteiger partial charge is 0.414 e. The lowest BCUT2D eigenvalue weighted by molar-refractivity contribution is -0.142. The first-order chi connectivity index (χ1) is 13.2. The summed E-state index contributed by atoms with van der Waals surface area (Å²) in [5, 5.41) is 0. The summed E-state index contributed by atoms with van der Waals surface area (Å²) in [7, 11) is 1.33. The summed E-state index contributed by atoms with van der Waals surface area (Å²) in [5.74, 6) is -1.22. The van der Waals surface area contributed by atoms with Crippen LogP contribution in [0.15, 0.2) is 42.5 Å². The molecule has 0 bridgehead atoms. The highest BCUT2D eigenvalue weighted by Gasteiger charge is 2.39. The van der Waals surface area contributed by atoms with Crippen molar-refractivity contribution >= 4 is 17.7 Å². The number of methoxy groups -OCH3 is 1. The van der Waals surface area contributed by atoms with Crippen molar-refractivity contribution in [1.29, 1.82) is 0 Å². The summed E-state index contributed by atoms with van der Waals surface area (Å²) in [5.41, 5.74) is 2.63. The highest BCUT2D eigenvalue weighted by molar-refractivity contribution is 5.96. The van der Waals surface area contributed by atoms with Crippen LogP contribution < -0.4 is 4.90 Å². The average Bonchev–Trinajstić information content (AvgIpc) is 3.00. The van der Waals surface area contributed by atoms with E-state index < -0.39 is 23.6 Å². The van der Waals surface area contributed by atoms with Crippen LogP contribution in [0.5, 0.6) is 0 Å². The molecule has 6 heteroatoms. The fourth-order valence-electron chi connectivity index (χ4n) is 3.28. The standard InChI is InChI=1S/C22H24FNO4/c1-22(2,3)28-21(26)24-13-18(20(25)27-4)17-10-7-15(12-19(17)24)11-14-5-8-16(23)9-6-14/h5-10,12,18H,11,13H2,1-4H3. The summed E-state index contributed by atoms with van der Waals surface area (Å²) in [6.07, 6.45) is 0.0811. The van der Waals surface area contributed by atoms with Crippen LogP contribution in [0.2, 0.25) is 0 Å². The number of ether oxygens (including phenoxy) is 2. The number of anilines is 1. The Morgan fingerprint density at radius 2 is 1.75 bits per heavy atom. The van der Waals surface area contributed by atoms with Gasteiger partial charge in [0.2, 0.25) is 0 Å². The molecule has 2 aromatic carbocycles. The minimum absolute atomic E-state index is 0.178. The van der Waals surface area contributed by atoms with Crippen molar-refractivity contribution in [2.75, 3.05) is 18.6 Å². The molecule has 0 spiro atoms. The van der Waals surface area contributed by atoms with Crippen LogP contribution in [-0.4, -0.2) is 31.3 Å². The zero-order chi connectivity index (χ0) is 20.5. The molecule has 0 radical (unpaired) electrons. The molecule has 0 fully saturated rings. The van der Waals surface area contributed by atoms with Crippen molar-refractivity contribution < 1.29 is 23.5 Å². The Labute approximate surface area is 164 Å². The van der Waals surface area contributed by atoms with Gasteiger partial charge in [0.25, 0.3) is 0 Å². The second-order valence-corrected chi connectivity index (χ2v) is 7.86. The van der Waals surface area contributed by atoms with Gasteiger partial charge in [0.05, 0.1) is 12.8 Å². The van der Waals surface area contributed by atoms with Crippen LogP contribution in [0.25, 0.3) is 0 Å². The van der Waals surface area contributed by atoms with Crippen molar-refractivity contribution in [3.8, 4) is 0 Å². The molecule has 5 nitrogen and oxygen atoms in total. The Hall–Kier alpha value is -2.89. The van der Waals surface area contributed by atoms with Crippen molar-refractivity contribution in [3.63, 3.8) is 0 Å². The fourth-order valence-corrected chi connectivity index (χ4v) is 3.28. The number of carbonyl (C=O) groups excluding carboxylic acids is 2. The molecule has 1 aliphatic rings. The van der Waals surface area contributed by atoms with E-state index in [0.29, 0.717) is 12.1 Å². The summed E-state index contributed by atoms with van der Waals surface area (Å²) in [4.78, 5) is 26.4. The lowest BCUT2D eigenvalue weighted by atomic mass is 9.97. The first-order valence-electron chi connectivity index (χ1n) is 9.13. The van der Waals surface area contributed by atoms with E-state index in [1.807, 2.05) is 18.2 Å². The highest BCUT2D eigenvalue weighted by atomic mass is 19.1. The van der Waals surface area contributed by atoms with Crippen molar-refractivity contribution in [2.45, 2.75) is 38.7 Å². The molecular weight excluding hydrogens is 361 g/mol. The number of amides is 1. The Morgan fingerprint density at radius 3 is 2.36 bits per heavy atom. The zero-order valence-electron chi connectivity index (χ0n) is 16.5. The number of fused-ring (bicyclic) bond motifs is 1. The maximum Gasteiger partial charge on any atom is 0.414 e. The van der Waals surface area contributed by atoms with Gasteiger partial charge in [-0.1, -0.05) is 24.3 Å². The molecule has 2 aromatic rings. The van der Waals surface area contributed by atoms with Gasteiger partial charge >= 0.3 is 12.1 Å². The van der Waals surface area contributed by atoms with Gasteiger partial charge in [0.1, 0.15) is 17.3 Å². The molecule has 1 amide bonds. The Kier molecular flexibility index (Phi) is 5.40. The molecule has 148 valence electrons. The van der Waals surface area contributed by atoms with Gasteiger partial charge in [-0.05, 0) is 62.1 Å². The number of nitrogens with zero attached hydrogens (tertiary/aromatic N) is 1. The lowest BCUT2D eigenvalue weighted by Crippen LogP contribution is -2.37. The predicted octanol–water partition coefficient (Wildman–Crippen LogP) is 4.43. The Morgan fingerprint density at radius 1 is 1.11 bits per heavy atom. The molecule has 0 N–H and O–H groups in total. The number of hydrogen-bond donors (Lipinski definition) is 0. The van der Waals surface area contributed by atoms with E-state index >= 15 is 0 Å². The average molecular weight is 385 g/mol. The third-order valence-corrected chi connectivity index (χ3v) is 4.55. The number of esters is 1. The van der Waals surface area contributed by atoms with E-state index in [1.165, 1.54) is 24.1 Å². The van der Waals surface area contributed by atoms with Gasteiger partial charge in [0, 0.05) is 6.54 Å². The minimum atomic E-state index is -0.647. The topological polar surface area (TPSA) is 55.8 Å². The van der Waals surface area contributed by atoms with E-state index in [-0.39, 0.29) is 12.4 Å². The second kappa shape index (κ2) is 7.62. The van der Waals surface area contributed by atoms with Crippen LogP contribution in [0, 0.1) is 5.82 Å². The molecule has 0 saturated carbocycles. The van der Waals surface area contributed by atoms with Crippen LogP contribution in [-0.2, 0) is 20.7 Å². The molecule has 28 heavy (non-hydrogen) atoms. The first kappa shape index (κ1) is 19.9. The SMILES string of the molecule is COC(=O)C1CN(C(=O)OC(C)(C)C)c2cc(Cc3ccc(F)cc3)ccc21. The third kappa shape index (κ3) is 4.32. The van der Waals surface area contributed by atoms with Gasteiger partial charge in [0.15, 0.2) is 0 Å². The van der Waals surface area contributed by atoms with Gasteiger partial charge in [-0.3, -0.25) is 9.69 Å². The lowest BCUT2D eigenvalue weighted by Gasteiger charge is -2.25. The maximum absolute atomic E-state index is 13.1. The van der Waals surface area contributed by atoms with Crippen LogP contribution in [0.1, 0.15) is 43.4 Å². The van der Waals surface area contributed by atoms with E-state index in [0.717, 1.165) is 16.7 Å². The molecule has 0 aliphatic carbocycles. The molecule has 1 atom stereocenters. The van der Waals surface area contributed by atoms with Crippen molar-refractivity contribution in [2.24, 2.45) is 0 Å². The van der Waals surface area contributed by atoms with Crippen molar-refractivity contribution in [1.82, 2.24) is 0 Å². The molecule has 1 unspecified atom stereocenters. The quantitative estimate of drug-likeness (QED) is 0.734. The Bertz CT molecular complexity index is 886. The predicted molar refractivity (Wildman–Crippen MR) is 104 cm³/mol. The number of carbonyl (C=O) groups is 2. The monoisotopic (exact) mass is 385 g/mol. The van der Waals surface area contributed by atoms with Crippen LogP contribution in [0.3, 0.4) is 0 Å². The molecular formula is C22H24FNO4. The van der Waals surface area contributed by atoms with E-state index in [2.05, 4.69) is 0 Å². The van der Waals surface area contributed by atoms with Crippen LogP contribution >= 0.6 is 0 Å². The molecule has 1 aliphatic heterocycles. The normalized spacial score (nSPS) is 15.9. The number of hydrogen-bond acceptors (Lipinski definition) is 4. The Balaban J connectivity index is 1.93. The molecule has 1 heterocycles. The first-order valence-corrected chi connectivity index (χ1v) is 9.13. The van der Waals surface area contributed by atoms with Gasteiger partial charge < -0.3 is 9.47 Å². The minimum Gasteiger partial charge on any atom is -0.468 e. The maximum atomic E-state index is 13.1. The van der Waals surface area contributed by atoms with Crippen LogP contribution in [0.4, 0.5) is 14.9 Å². The molecule has 0 aromatic heterocycles. The van der Waals surface area contributed by atoms with Crippen molar-refractivity contribution in [3.05, 3.63) is 65.0 Å². The van der Waals surface area contributed by atoms with Gasteiger partial charge in [-0.15, -0.1) is 0 Å². The van der Waals surface area contributed by atoms with E-state index in [9.17, 15) is 14.0 Å². The summed E-state index contributed by atoms with van der Waals surface area (Å²) >= 11 is 0. The van der Waals surface area contributed by atoms with E-state index in [1.54, 1.807) is 32.9 Å². The summed E-state index contributed by atoms with van der Waals surface area (Å²) in [6, 6.07) is 11.9. The molecule has 0 saturated heterocycles. The number of halogens is 1. The van der Waals surface area contributed by atoms with Gasteiger partial charge in [-0.25, -0.2) is 9.18 Å². The summed E-state index contributed by atoms with van der Waals surface area (Å²) in [6.45, 7) is 5.57. The number of rotatable bonds is 3. The van der Waals surface area contributed by atoms with E-state index in [4.69, 9.17) is 9.47 Å². The zero-order valence-corrected chi connectivity index (χ0v) is 16.5. The fraction of sp³-hybridized carbons (Fsp3) is 0.364. The third-order valence-electron chi connectivity index (χ3n) is 4.55.